The van der Waals surface area contributed by atoms with Gasteiger partial charge >= 0.3 is 12.1 Å². The van der Waals surface area contributed by atoms with Crippen molar-refractivity contribution in [2.75, 3.05) is 6.61 Å². The van der Waals surface area contributed by atoms with Crippen molar-refractivity contribution >= 4 is 12.1 Å². The fraction of sp³-hybridized carbons (Fsp3) is 0.360. The Hall–Kier alpha value is -3.68. The fourth-order valence-corrected chi connectivity index (χ4v) is 4.28. The Bertz CT molecular complexity index is 1140. The lowest BCUT2D eigenvalue weighted by Gasteiger charge is -2.26. The number of fused-ring (bicyclic) bond motifs is 3. The van der Waals surface area contributed by atoms with E-state index in [-0.39, 0.29) is 19.1 Å². The minimum atomic E-state index is -1.61. The van der Waals surface area contributed by atoms with E-state index in [1.807, 2.05) is 50.2 Å². The van der Waals surface area contributed by atoms with Crippen molar-refractivity contribution < 1.29 is 19.4 Å². The zero-order chi connectivity index (χ0) is 23.6. The molecule has 0 spiro atoms. The number of carbonyl (C=O) groups excluding carboxylic acids is 1. The number of amides is 1. The van der Waals surface area contributed by atoms with E-state index >= 15 is 0 Å². The summed E-state index contributed by atoms with van der Waals surface area (Å²) in [4.78, 5) is 29.2. The number of aliphatic carboxylic acids is 1. The number of aryl methyl sites for hydroxylation is 2. The van der Waals surface area contributed by atoms with Crippen LogP contribution in [0.4, 0.5) is 4.79 Å². The van der Waals surface area contributed by atoms with Crippen LogP contribution in [0.15, 0.2) is 48.5 Å². The smallest absolute Gasteiger partial charge is 0.408 e. The van der Waals surface area contributed by atoms with Gasteiger partial charge in [-0.1, -0.05) is 62.4 Å². The normalized spacial score (nSPS) is 14.3. The third kappa shape index (κ3) is 4.33. The van der Waals surface area contributed by atoms with E-state index in [9.17, 15) is 14.7 Å². The van der Waals surface area contributed by atoms with E-state index < -0.39 is 17.6 Å². The summed E-state index contributed by atoms with van der Waals surface area (Å²) in [6, 6.07) is 16.1. The molecule has 1 unspecified atom stereocenters. The number of rotatable bonds is 8. The average molecular weight is 449 g/mol. The number of carboxylic acid groups (broad SMARTS) is 1. The van der Waals surface area contributed by atoms with E-state index in [0.29, 0.717) is 24.5 Å². The number of carboxylic acids is 1. The summed E-state index contributed by atoms with van der Waals surface area (Å²) in [6.07, 6.45) is 0.465. The van der Waals surface area contributed by atoms with Gasteiger partial charge in [0, 0.05) is 18.8 Å². The topological polar surface area (TPSA) is 106 Å². The number of benzene rings is 2. The molecular formula is C25H28N4O4. The Balaban J connectivity index is 1.48. The molecule has 0 bridgehead atoms. The van der Waals surface area contributed by atoms with E-state index in [0.717, 1.165) is 22.3 Å². The third-order valence-electron chi connectivity index (χ3n) is 6.08. The minimum absolute atomic E-state index is 0.0529. The lowest BCUT2D eigenvalue weighted by atomic mass is 9.98. The predicted octanol–water partition coefficient (Wildman–Crippen LogP) is 3.78. The maximum absolute atomic E-state index is 12.7. The molecular weight excluding hydrogens is 420 g/mol. The zero-order valence-electron chi connectivity index (χ0n) is 19.0. The van der Waals surface area contributed by atoms with Gasteiger partial charge in [0.15, 0.2) is 11.4 Å². The molecule has 1 aliphatic carbocycles. The number of nitrogens with one attached hydrogen (secondary N) is 1. The summed E-state index contributed by atoms with van der Waals surface area (Å²) in [5.41, 5.74) is 2.83. The van der Waals surface area contributed by atoms with Crippen molar-refractivity contribution in [2.45, 2.75) is 51.6 Å². The molecule has 1 amide bonds. The summed E-state index contributed by atoms with van der Waals surface area (Å²) < 4.78 is 7.10. The molecule has 2 aromatic carbocycles. The fourth-order valence-electron chi connectivity index (χ4n) is 4.28. The molecule has 4 rings (SSSR count). The number of ether oxygens (including phenoxy) is 1. The van der Waals surface area contributed by atoms with Crippen molar-refractivity contribution in [2.24, 2.45) is 0 Å². The van der Waals surface area contributed by atoms with Crippen molar-refractivity contribution in [1.82, 2.24) is 20.1 Å². The second kappa shape index (κ2) is 9.05. The van der Waals surface area contributed by atoms with Crippen molar-refractivity contribution in [3.05, 3.63) is 71.3 Å². The summed E-state index contributed by atoms with van der Waals surface area (Å²) in [7, 11) is 0. The molecule has 172 valence electrons. The molecule has 2 N–H and O–H groups in total. The van der Waals surface area contributed by atoms with Gasteiger partial charge in [-0.25, -0.2) is 19.3 Å². The van der Waals surface area contributed by atoms with Crippen LogP contribution in [-0.2, 0) is 28.9 Å². The van der Waals surface area contributed by atoms with Crippen molar-refractivity contribution in [3.8, 4) is 11.1 Å². The van der Waals surface area contributed by atoms with Gasteiger partial charge in [-0.15, -0.1) is 0 Å². The van der Waals surface area contributed by atoms with Gasteiger partial charge in [-0.3, -0.25) is 0 Å². The number of carbonyl (C=O) groups is 2. The van der Waals surface area contributed by atoms with Gasteiger partial charge < -0.3 is 15.2 Å². The van der Waals surface area contributed by atoms with Crippen LogP contribution in [0.25, 0.3) is 11.1 Å². The predicted molar refractivity (Wildman–Crippen MR) is 123 cm³/mol. The molecule has 1 heterocycles. The van der Waals surface area contributed by atoms with Crippen LogP contribution < -0.4 is 5.32 Å². The minimum Gasteiger partial charge on any atom is -0.479 e. The summed E-state index contributed by atoms with van der Waals surface area (Å²) in [5.74, 6) is 0.0364. The Morgan fingerprint density at radius 2 is 1.67 bits per heavy atom. The summed E-state index contributed by atoms with van der Waals surface area (Å²) >= 11 is 0. The summed E-state index contributed by atoms with van der Waals surface area (Å²) in [5, 5.41) is 16.8. The molecule has 0 radical (unpaired) electrons. The molecule has 1 atom stereocenters. The first-order chi connectivity index (χ1) is 15.9. The van der Waals surface area contributed by atoms with E-state index in [1.54, 1.807) is 4.68 Å². The van der Waals surface area contributed by atoms with Crippen LogP contribution in [0.3, 0.4) is 0 Å². The zero-order valence-corrected chi connectivity index (χ0v) is 19.0. The Morgan fingerprint density at radius 1 is 1.06 bits per heavy atom. The Labute approximate surface area is 192 Å². The van der Waals surface area contributed by atoms with Crippen LogP contribution in [0.5, 0.6) is 0 Å². The van der Waals surface area contributed by atoms with Crippen LogP contribution in [-0.4, -0.2) is 44.1 Å². The lowest BCUT2D eigenvalue weighted by molar-refractivity contribution is -0.144. The number of alkyl carbamates (subject to hydrolysis) is 1. The first kappa shape index (κ1) is 22.5. The van der Waals surface area contributed by atoms with E-state index in [4.69, 9.17) is 4.74 Å². The number of nitrogens with zero attached hydrogens (tertiary/aromatic N) is 3. The lowest BCUT2D eigenvalue weighted by Crippen LogP contribution is -2.55. The first-order valence-electron chi connectivity index (χ1n) is 11.2. The van der Waals surface area contributed by atoms with Gasteiger partial charge in [0.25, 0.3) is 0 Å². The van der Waals surface area contributed by atoms with E-state index in [1.165, 1.54) is 6.92 Å². The molecule has 0 aliphatic heterocycles. The molecule has 33 heavy (non-hydrogen) atoms. The molecule has 3 aromatic rings. The van der Waals surface area contributed by atoms with E-state index in [2.05, 4.69) is 27.5 Å². The highest BCUT2D eigenvalue weighted by Crippen LogP contribution is 2.44. The molecule has 8 nitrogen and oxygen atoms in total. The van der Waals surface area contributed by atoms with Gasteiger partial charge in [-0.2, -0.15) is 5.10 Å². The Kier molecular flexibility index (Phi) is 6.18. The summed E-state index contributed by atoms with van der Waals surface area (Å²) in [6.45, 7) is 5.37. The molecule has 1 aliphatic rings. The van der Waals surface area contributed by atoms with Gasteiger partial charge in [0.05, 0.1) is 6.54 Å². The largest absolute Gasteiger partial charge is 0.479 e. The molecule has 8 heteroatoms. The van der Waals surface area contributed by atoms with Gasteiger partial charge in [-0.05, 0) is 29.2 Å². The van der Waals surface area contributed by atoms with Crippen LogP contribution in [0.1, 0.15) is 49.5 Å². The highest BCUT2D eigenvalue weighted by atomic mass is 16.5. The quantitative estimate of drug-likeness (QED) is 0.543. The molecule has 0 saturated heterocycles. The second-order valence-electron chi connectivity index (χ2n) is 8.40. The van der Waals surface area contributed by atoms with Crippen molar-refractivity contribution in [1.29, 1.82) is 0 Å². The van der Waals surface area contributed by atoms with Gasteiger partial charge in [0.1, 0.15) is 12.4 Å². The average Bonchev–Trinajstić information content (AvgIpc) is 3.35. The number of hydrogen-bond acceptors (Lipinski definition) is 5. The van der Waals surface area contributed by atoms with Gasteiger partial charge in [0.2, 0.25) is 0 Å². The highest BCUT2D eigenvalue weighted by Gasteiger charge is 2.38. The van der Waals surface area contributed by atoms with Crippen LogP contribution >= 0.6 is 0 Å². The first-order valence-corrected chi connectivity index (χ1v) is 11.2. The number of hydrogen-bond donors (Lipinski definition) is 2. The standard InChI is InChI=1S/C25H28N4O4/c1-4-21-26-22(5-2)29(28-21)15-25(3,23(30)31)27-24(32)33-14-20-18-12-8-6-10-16(18)17-11-7-9-13-19(17)20/h6-13,20H,4-5,14-15H2,1-3H3,(H,27,32)(H,30,31). The van der Waals surface area contributed by atoms with Crippen molar-refractivity contribution in [3.63, 3.8) is 0 Å². The molecule has 0 fully saturated rings. The molecule has 0 saturated carbocycles. The molecule has 1 aromatic heterocycles. The van der Waals surface area contributed by atoms with Crippen LogP contribution in [0, 0.1) is 0 Å². The third-order valence-corrected chi connectivity index (χ3v) is 6.08. The number of aromatic nitrogens is 3. The maximum Gasteiger partial charge on any atom is 0.408 e. The SMILES string of the molecule is CCc1nc(CC)n(CC(C)(NC(=O)OCC2c3ccccc3-c3ccccc32)C(=O)O)n1. The maximum atomic E-state index is 12.7. The monoisotopic (exact) mass is 448 g/mol. The highest BCUT2D eigenvalue weighted by molar-refractivity contribution is 5.84. The Morgan fingerprint density at radius 3 is 2.21 bits per heavy atom. The van der Waals surface area contributed by atoms with Crippen LogP contribution in [0.2, 0.25) is 0 Å². The second-order valence-corrected chi connectivity index (χ2v) is 8.40.